The van der Waals surface area contributed by atoms with Gasteiger partial charge in [-0.25, -0.2) is 4.98 Å². The Bertz CT molecular complexity index is 559. The fourth-order valence-corrected chi connectivity index (χ4v) is 3.48. The van der Waals surface area contributed by atoms with Gasteiger partial charge in [-0.2, -0.15) is 0 Å². The van der Waals surface area contributed by atoms with Gasteiger partial charge in [-0.15, -0.1) is 11.8 Å². The number of rotatable bonds is 2. The highest BCUT2D eigenvalue weighted by Crippen LogP contribution is 2.37. The molecule has 0 bridgehead atoms. The maximum Gasteiger partial charge on any atom is 0.131 e. The Morgan fingerprint density at radius 2 is 2.17 bits per heavy atom. The quantitative estimate of drug-likeness (QED) is 0.824. The predicted octanol–water partition coefficient (Wildman–Crippen LogP) is 4.38. The van der Waals surface area contributed by atoms with Crippen LogP contribution in [0.25, 0.3) is 0 Å². The van der Waals surface area contributed by atoms with Crippen molar-refractivity contribution in [2.45, 2.75) is 17.4 Å². The normalized spacial score (nSPS) is 18.2. The lowest BCUT2D eigenvalue weighted by atomic mass is 10.0. The summed E-state index contributed by atoms with van der Waals surface area (Å²) >= 11 is 7.84. The second kappa shape index (κ2) is 5.21. The molecule has 0 amide bonds. The lowest BCUT2D eigenvalue weighted by molar-refractivity contribution is 0.728. The molecule has 1 unspecified atom stereocenters. The van der Waals surface area contributed by atoms with Gasteiger partial charge in [-0.3, -0.25) is 0 Å². The highest BCUT2D eigenvalue weighted by atomic mass is 35.5. The van der Waals surface area contributed by atoms with E-state index in [0.717, 1.165) is 17.9 Å². The lowest BCUT2D eigenvalue weighted by Crippen LogP contribution is -2.15. The van der Waals surface area contributed by atoms with Crippen LogP contribution in [0, 0.1) is 0 Å². The summed E-state index contributed by atoms with van der Waals surface area (Å²) < 4.78 is 0. The molecule has 0 saturated carbocycles. The van der Waals surface area contributed by atoms with E-state index in [-0.39, 0.29) is 0 Å². The van der Waals surface area contributed by atoms with Crippen molar-refractivity contribution in [3.8, 4) is 0 Å². The molecule has 0 fully saturated rings. The molecular weight excluding hydrogens is 264 g/mol. The summed E-state index contributed by atoms with van der Waals surface area (Å²) in [6, 6.07) is 12.8. The Balaban J connectivity index is 1.86. The molecular formula is C14H13ClN2S. The van der Waals surface area contributed by atoms with E-state index in [9.17, 15) is 0 Å². The number of halogens is 1. The molecule has 2 heterocycles. The molecule has 2 nitrogen and oxygen atoms in total. The Kier molecular flexibility index (Phi) is 3.43. The third-order valence-electron chi connectivity index (χ3n) is 3.03. The number of fused-ring (bicyclic) bond motifs is 1. The van der Waals surface area contributed by atoms with E-state index in [1.807, 2.05) is 23.9 Å². The summed E-state index contributed by atoms with van der Waals surface area (Å²) in [7, 11) is 0. The van der Waals surface area contributed by atoms with Crippen LogP contribution in [0.2, 0.25) is 5.15 Å². The van der Waals surface area contributed by atoms with E-state index in [0.29, 0.717) is 11.2 Å². The van der Waals surface area contributed by atoms with E-state index in [2.05, 4.69) is 34.6 Å². The average molecular weight is 277 g/mol. The van der Waals surface area contributed by atoms with Crippen molar-refractivity contribution in [2.24, 2.45) is 0 Å². The lowest BCUT2D eigenvalue weighted by Gasteiger charge is -2.26. The minimum atomic E-state index is 0.362. The fourth-order valence-electron chi connectivity index (χ4n) is 2.19. The zero-order valence-corrected chi connectivity index (χ0v) is 11.3. The topological polar surface area (TPSA) is 24.9 Å². The fraction of sp³-hybridized carbons (Fsp3) is 0.214. The summed E-state index contributed by atoms with van der Waals surface area (Å²) in [4.78, 5) is 5.37. The molecule has 1 atom stereocenters. The van der Waals surface area contributed by atoms with Crippen LogP contribution in [0.4, 0.5) is 5.69 Å². The molecule has 0 spiro atoms. The standard InChI is InChI=1S/C14H13ClN2S/c15-14-9-10(5-7-16-14)17-12-6-8-18-13-4-2-1-3-11(12)13/h1-5,7,9,12H,6,8H2,(H,16,17). The van der Waals surface area contributed by atoms with Gasteiger partial charge < -0.3 is 5.32 Å². The van der Waals surface area contributed by atoms with E-state index in [1.165, 1.54) is 10.5 Å². The highest BCUT2D eigenvalue weighted by Gasteiger charge is 2.19. The van der Waals surface area contributed by atoms with E-state index in [4.69, 9.17) is 11.6 Å². The largest absolute Gasteiger partial charge is 0.378 e. The van der Waals surface area contributed by atoms with Crippen LogP contribution in [0.1, 0.15) is 18.0 Å². The maximum absolute atomic E-state index is 5.91. The van der Waals surface area contributed by atoms with Gasteiger partial charge in [0.1, 0.15) is 5.15 Å². The Hall–Kier alpha value is -1.19. The van der Waals surface area contributed by atoms with Gasteiger partial charge in [0.15, 0.2) is 0 Å². The molecule has 0 aliphatic carbocycles. The zero-order chi connectivity index (χ0) is 12.4. The van der Waals surface area contributed by atoms with Crippen molar-refractivity contribution in [1.29, 1.82) is 0 Å². The molecule has 18 heavy (non-hydrogen) atoms. The van der Waals surface area contributed by atoms with Gasteiger partial charge in [0, 0.05) is 22.5 Å². The molecule has 0 radical (unpaired) electrons. The summed E-state index contributed by atoms with van der Waals surface area (Å²) in [5, 5.41) is 4.07. The maximum atomic E-state index is 5.91. The molecule has 2 aromatic rings. The average Bonchev–Trinajstić information content (AvgIpc) is 2.39. The van der Waals surface area contributed by atoms with Crippen LogP contribution in [0.3, 0.4) is 0 Å². The van der Waals surface area contributed by atoms with Crippen LogP contribution in [0.15, 0.2) is 47.5 Å². The molecule has 1 aromatic heterocycles. The predicted molar refractivity (Wildman–Crippen MR) is 77.4 cm³/mol. The molecule has 4 heteroatoms. The van der Waals surface area contributed by atoms with Crippen molar-refractivity contribution in [3.63, 3.8) is 0 Å². The summed E-state index contributed by atoms with van der Waals surface area (Å²) in [6.45, 7) is 0. The molecule has 0 saturated heterocycles. The number of nitrogens with one attached hydrogen (secondary N) is 1. The molecule has 92 valence electrons. The van der Waals surface area contributed by atoms with Crippen LogP contribution >= 0.6 is 23.4 Å². The molecule has 1 N–H and O–H groups in total. The smallest absolute Gasteiger partial charge is 0.131 e. The third-order valence-corrected chi connectivity index (χ3v) is 4.36. The highest BCUT2D eigenvalue weighted by molar-refractivity contribution is 7.99. The van der Waals surface area contributed by atoms with Crippen molar-refractivity contribution in [1.82, 2.24) is 4.98 Å². The minimum absolute atomic E-state index is 0.362. The number of anilines is 1. The number of aromatic nitrogens is 1. The number of benzene rings is 1. The number of hydrogen-bond acceptors (Lipinski definition) is 3. The first-order valence-corrected chi connectivity index (χ1v) is 7.29. The number of thioether (sulfide) groups is 1. The van der Waals surface area contributed by atoms with Crippen molar-refractivity contribution < 1.29 is 0 Å². The van der Waals surface area contributed by atoms with Crippen LogP contribution < -0.4 is 5.32 Å². The second-order valence-corrected chi connectivity index (χ2v) is 5.76. The van der Waals surface area contributed by atoms with Crippen LogP contribution in [-0.2, 0) is 0 Å². The van der Waals surface area contributed by atoms with Gasteiger partial charge in [0.25, 0.3) is 0 Å². The van der Waals surface area contributed by atoms with Gasteiger partial charge in [-0.05, 0) is 30.2 Å². The summed E-state index contributed by atoms with van der Waals surface area (Å²) in [6.07, 6.45) is 2.86. The van der Waals surface area contributed by atoms with E-state index >= 15 is 0 Å². The third kappa shape index (κ3) is 2.47. The van der Waals surface area contributed by atoms with Crippen LogP contribution in [-0.4, -0.2) is 10.7 Å². The Labute approximate surface area is 116 Å². The Morgan fingerprint density at radius 3 is 3.06 bits per heavy atom. The van der Waals surface area contributed by atoms with Gasteiger partial charge in [0.05, 0.1) is 6.04 Å². The number of nitrogens with zero attached hydrogens (tertiary/aromatic N) is 1. The summed E-state index contributed by atoms with van der Waals surface area (Å²) in [5.41, 5.74) is 2.41. The van der Waals surface area contributed by atoms with E-state index < -0.39 is 0 Å². The monoisotopic (exact) mass is 276 g/mol. The SMILES string of the molecule is Clc1cc(NC2CCSc3ccccc32)ccn1. The Morgan fingerprint density at radius 1 is 1.28 bits per heavy atom. The molecule has 1 aliphatic heterocycles. The number of pyridine rings is 1. The van der Waals surface area contributed by atoms with Gasteiger partial charge >= 0.3 is 0 Å². The molecule has 3 rings (SSSR count). The van der Waals surface area contributed by atoms with Crippen molar-refractivity contribution in [2.75, 3.05) is 11.1 Å². The van der Waals surface area contributed by atoms with Crippen molar-refractivity contribution in [3.05, 3.63) is 53.3 Å². The van der Waals surface area contributed by atoms with Crippen molar-refractivity contribution >= 4 is 29.1 Å². The van der Waals surface area contributed by atoms with E-state index in [1.54, 1.807) is 6.20 Å². The van der Waals surface area contributed by atoms with Gasteiger partial charge in [0.2, 0.25) is 0 Å². The first kappa shape index (κ1) is 11.9. The van der Waals surface area contributed by atoms with Gasteiger partial charge in [-0.1, -0.05) is 29.8 Å². The second-order valence-electron chi connectivity index (χ2n) is 4.24. The summed E-state index contributed by atoms with van der Waals surface area (Å²) in [5.74, 6) is 1.15. The van der Waals surface area contributed by atoms with Crippen LogP contribution in [0.5, 0.6) is 0 Å². The zero-order valence-electron chi connectivity index (χ0n) is 9.77. The first-order chi connectivity index (χ1) is 8.83. The molecule has 1 aliphatic rings. The number of hydrogen-bond donors (Lipinski definition) is 1. The molecule has 1 aromatic carbocycles. The first-order valence-electron chi connectivity index (χ1n) is 5.93. The minimum Gasteiger partial charge on any atom is -0.378 e.